The second-order valence-electron chi connectivity index (χ2n) is 4.48. The van der Waals surface area contributed by atoms with E-state index in [9.17, 15) is 0 Å². The van der Waals surface area contributed by atoms with Crippen LogP contribution in [0.4, 0.5) is 0 Å². The number of rotatable bonds is 3. The van der Waals surface area contributed by atoms with Gasteiger partial charge in [-0.15, -0.1) is 0 Å². The molecule has 1 heterocycles. The van der Waals surface area contributed by atoms with E-state index in [0.29, 0.717) is 6.04 Å². The Morgan fingerprint density at radius 1 is 1.43 bits per heavy atom. The van der Waals surface area contributed by atoms with Gasteiger partial charge in [0.1, 0.15) is 0 Å². The van der Waals surface area contributed by atoms with Crippen molar-refractivity contribution in [3.05, 3.63) is 17.0 Å². The maximum atomic E-state index is 6.08. The Balaban J connectivity index is 2.11. The van der Waals surface area contributed by atoms with Crippen molar-refractivity contribution in [1.82, 2.24) is 9.78 Å². The molecule has 1 aromatic rings. The van der Waals surface area contributed by atoms with Crippen LogP contribution in [0.3, 0.4) is 0 Å². The van der Waals surface area contributed by atoms with Gasteiger partial charge in [-0.2, -0.15) is 5.10 Å². The lowest BCUT2D eigenvalue weighted by Gasteiger charge is -2.11. The average molecular weight is 193 g/mol. The molecule has 14 heavy (non-hydrogen) atoms. The number of aromatic nitrogens is 2. The predicted molar refractivity (Wildman–Crippen MR) is 57.1 cm³/mol. The van der Waals surface area contributed by atoms with E-state index in [1.807, 2.05) is 0 Å². The number of hydrogen-bond acceptors (Lipinski definition) is 2. The zero-order chi connectivity index (χ0) is 10.3. The van der Waals surface area contributed by atoms with Crippen molar-refractivity contribution in [3.63, 3.8) is 0 Å². The Bertz CT molecular complexity index is 337. The standard InChI is InChI=1S/C11H19N3/c1-7-8(2)13-14(9(7)3)6-11(12)10-4-5-10/h10-11H,4-6,12H2,1-3H3. The first kappa shape index (κ1) is 9.71. The molecule has 0 spiro atoms. The number of hydrogen-bond donors (Lipinski definition) is 1. The minimum absolute atomic E-state index is 0.299. The number of nitrogens with two attached hydrogens (primary N) is 1. The van der Waals surface area contributed by atoms with Crippen LogP contribution >= 0.6 is 0 Å². The molecule has 0 amide bonds. The molecule has 1 aliphatic rings. The average Bonchev–Trinajstić information content (AvgIpc) is 2.93. The van der Waals surface area contributed by atoms with Crippen molar-refractivity contribution in [2.45, 2.75) is 46.2 Å². The van der Waals surface area contributed by atoms with Crippen molar-refractivity contribution < 1.29 is 0 Å². The van der Waals surface area contributed by atoms with Crippen molar-refractivity contribution in [2.75, 3.05) is 0 Å². The highest BCUT2D eigenvalue weighted by molar-refractivity contribution is 5.22. The quantitative estimate of drug-likeness (QED) is 0.791. The molecule has 0 aromatic carbocycles. The largest absolute Gasteiger partial charge is 0.326 e. The first-order valence-electron chi connectivity index (χ1n) is 5.35. The van der Waals surface area contributed by atoms with Crippen LogP contribution in [0.1, 0.15) is 29.8 Å². The van der Waals surface area contributed by atoms with E-state index in [-0.39, 0.29) is 0 Å². The Morgan fingerprint density at radius 2 is 2.07 bits per heavy atom. The lowest BCUT2D eigenvalue weighted by atomic mass is 10.2. The van der Waals surface area contributed by atoms with Crippen LogP contribution in [0.2, 0.25) is 0 Å². The third-order valence-corrected chi connectivity index (χ3v) is 3.35. The van der Waals surface area contributed by atoms with Gasteiger partial charge < -0.3 is 5.73 Å². The maximum absolute atomic E-state index is 6.08. The molecule has 1 aliphatic carbocycles. The van der Waals surface area contributed by atoms with Gasteiger partial charge >= 0.3 is 0 Å². The van der Waals surface area contributed by atoms with Gasteiger partial charge in [0.05, 0.1) is 12.2 Å². The summed E-state index contributed by atoms with van der Waals surface area (Å²) >= 11 is 0. The zero-order valence-corrected chi connectivity index (χ0v) is 9.25. The molecule has 0 aliphatic heterocycles. The first-order valence-corrected chi connectivity index (χ1v) is 5.35. The maximum Gasteiger partial charge on any atom is 0.0625 e. The van der Waals surface area contributed by atoms with E-state index in [0.717, 1.165) is 18.2 Å². The highest BCUT2D eigenvalue weighted by Crippen LogP contribution is 2.32. The molecule has 0 radical (unpaired) electrons. The van der Waals surface area contributed by atoms with Crippen molar-refractivity contribution in [3.8, 4) is 0 Å². The summed E-state index contributed by atoms with van der Waals surface area (Å²) in [5.41, 5.74) is 9.77. The van der Waals surface area contributed by atoms with E-state index >= 15 is 0 Å². The van der Waals surface area contributed by atoms with Crippen molar-refractivity contribution in [2.24, 2.45) is 11.7 Å². The van der Waals surface area contributed by atoms with Gasteiger partial charge in [0.2, 0.25) is 0 Å². The summed E-state index contributed by atoms with van der Waals surface area (Å²) in [4.78, 5) is 0. The molecule has 3 nitrogen and oxygen atoms in total. The highest BCUT2D eigenvalue weighted by Gasteiger charge is 2.29. The summed E-state index contributed by atoms with van der Waals surface area (Å²) in [6.45, 7) is 7.18. The Kier molecular flexibility index (Phi) is 2.35. The lowest BCUT2D eigenvalue weighted by molar-refractivity contribution is 0.462. The van der Waals surface area contributed by atoms with Gasteiger partial charge in [0.25, 0.3) is 0 Å². The van der Waals surface area contributed by atoms with Crippen LogP contribution in [0.25, 0.3) is 0 Å². The SMILES string of the molecule is Cc1nn(CC(N)C2CC2)c(C)c1C. The van der Waals surface area contributed by atoms with Gasteiger partial charge in [0.15, 0.2) is 0 Å². The summed E-state index contributed by atoms with van der Waals surface area (Å²) in [5.74, 6) is 0.749. The van der Waals surface area contributed by atoms with Crippen LogP contribution in [0, 0.1) is 26.7 Å². The third-order valence-electron chi connectivity index (χ3n) is 3.35. The molecule has 3 heteroatoms. The summed E-state index contributed by atoms with van der Waals surface area (Å²) in [6, 6.07) is 0.299. The van der Waals surface area contributed by atoms with E-state index in [1.54, 1.807) is 0 Å². The van der Waals surface area contributed by atoms with Crippen molar-refractivity contribution in [1.29, 1.82) is 0 Å². The summed E-state index contributed by atoms with van der Waals surface area (Å²) < 4.78 is 2.06. The van der Waals surface area contributed by atoms with E-state index in [4.69, 9.17) is 5.73 Å². The van der Waals surface area contributed by atoms with E-state index in [2.05, 4.69) is 30.6 Å². The van der Waals surface area contributed by atoms with Crippen LogP contribution in [0.5, 0.6) is 0 Å². The van der Waals surface area contributed by atoms with Crippen LogP contribution in [-0.4, -0.2) is 15.8 Å². The number of nitrogens with zero attached hydrogens (tertiary/aromatic N) is 2. The monoisotopic (exact) mass is 193 g/mol. The smallest absolute Gasteiger partial charge is 0.0625 e. The van der Waals surface area contributed by atoms with E-state index in [1.165, 1.54) is 24.1 Å². The minimum atomic E-state index is 0.299. The molecule has 1 atom stereocenters. The molecular formula is C11H19N3. The molecule has 2 N–H and O–H groups in total. The van der Waals surface area contributed by atoms with Gasteiger partial charge in [-0.05, 0) is 45.1 Å². The Labute approximate surface area is 85.3 Å². The van der Waals surface area contributed by atoms with Gasteiger partial charge in [-0.3, -0.25) is 4.68 Å². The van der Waals surface area contributed by atoms with Gasteiger partial charge in [0, 0.05) is 11.7 Å². The number of aryl methyl sites for hydroxylation is 1. The molecule has 1 unspecified atom stereocenters. The Morgan fingerprint density at radius 3 is 2.50 bits per heavy atom. The highest BCUT2D eigenvalue weighted by atomic mass is 15.3. The summed E-state index contributed by atoms with van der Waals surface area (Å²) in [6.07, 6.45) is 2.61. The fourth-order valence-corrected chi connectivity index (χ4v) is 1.84. The predicted octanol–water partition coefficient (Wildman–Crippen LogP) is 1.55. The fraction of sp³-hybridized carbons (Fsp3) is 0.727. The molecular weight excluding hydrogens is 174 g/mol. The van der Waals surface area contributed by atoms with Crippen LogP contribution < -0.4 is 5.73 Å². The summed E-state index contributed by atoms with van der Waals surface area (Å²) in [7, 11) is 0. The molecule has 0 saturated heterocycles. The molecule has 2 rings (SSSR count). The summed E-state index contributed by atoms with van der Waals surface area (Å²) in [5, 5.41) is 4.50. The van der Waals surface area contributed by atoms with Crippen molar-refractivity contribution >= 4 is 0 Å². The lowest BCUT2D eigenvalue weighted by Crippen LogP contribution is -2.29. The Hall–Kier alpha value is -0.830. The van der Waals surface area contributed by atoms with Crippen LogP contribution in [0.15, 0.2) is 0 Å². The normalized spacial score (nSPS) is 18.6. The second-order valence-corrected chi connectivity index (χ2v) is 4.48. The third kappa shape index (κ3) is 1.69. The zero-order valence-electron chi connectivity index (χ0n) is 9.25. The molecule has 78 valence electrons. The molecule has 0 bridgehead atoms. The second kappa shape index (κ2) is 3.39. The minimum Gasteiger partial charge on any atom is -0.326 e. The van der Waals surface area contributed by atoms with Crippen LogP contribution in [-0.2, 0) is 6.54 Å². The molecule has 1 aromatic heterocycles. The van der Waals surface area contributed by atoms with E-state index < -0.39 is 0 Å². The molecule has 1 saturated carbocycles. The fourth-order valence-electron chi connectivity index (χ4n) is 1.84. The first-order chi connectivity index (χ1) is 6.59. The topological polar surface area (TPSA) is 43.8 Å². The van der Waals surface area contributed by atoms with Gasteiger partial charge in [-0.25, -0.2) is 0 Å². The molecule has 1 fully saturated rings. The van der Waals surface area contributed by atoms with Gasteiger partial charge in [-0.1, -0.05) is 0 Å².